The summed E-state index contributed by atoms with van der Waals surface area (Å²) >= 11 is 0. The second-order valence-electron chi connectivity index (χ2n) is 4.28. The zero-order chi connectivity index (χ0) is 13.5. The van der Waals surface area contributed by atoms with Gasteiger partial charge in [0.25, 0.3) is 0 Å². The number of carbonyl (C=O) groups is 1. The lowest BCUT2D eigenvalue weighted by molar-refractivity contribution is -0.107. The van der Waals surface area contributed by atoms with E-state index in [1.807, 2.05) is 31.2 Å². The van der Waals surface area contributed by atoms with E-state index in [0.29, 0.717) is 0 Å². The number of benzene rings is 1. The van der Waals surface area contributed by atoms with Gasteiger partial charge in [-0.2, -0.15) is 0 Å². The minimum atomic E-state index is 0.754. The van der Waals surface area contributed by atoms with E-state index in [1.165, 1.54) is 31.2 Å². The van der Waals surface area contributed by atoms with Crippen molar-refractivity contribution in [1.82, 2.24) is 0 Å². The van der Waals surface area contributed by atoms with Crippen LogP contribution in [0.1, 0.15) is 57.9 Å². The maximum atomic E-state index is 9.84. The quantitative estimate of drug-likeness (QED) is 0.473. The maximum absolute atomic E-state index is 9.84. The molecule has 1 aromatic rings. The molecule has 18 heavy (non-hydrogen) atoms. The third-order valence-corrected chi connectivity index (χ3v) is 2.58. The van der Waals surface area contributed by atoms with Crippen LogP contribution in [0.5, 0.6) is 0 Å². The normalized spacial score (nSPS) is 9.89. The first-order valence-corrected chi connectivity index (χ1v) is 6.96. The molecular weight excluding hydrogens is 220 g/mol. The summed E-state index contributed by atoms with van der Waals surface area (Å²) in [7, 11) is 0. The van der Waals surface area contributed by atoms with E-state index in [0.717, 1.165) is 19.1 Å². The highest BCUT2D eigenvalue weighted by atomic mass is 16.1. The Morgan fingerprint density at radius 1 is 1.00 bits per heavy atom. The molecule has 0 atom stereocenters. The van der Waals surface area contributed by atoms with Crippen LogP contribution in [0.4, 0.5) is 0 Å². The number of carbonyl (C=O) groups excluding carboxylic acids is 1. The average Bonchev–Trinajstić information content (AvgIpc) is 2.41. The Bertz CT molecular complexity index is 301. The van der Waals surface area contributed by atoms with Crippen LogP contribution >= 0.6 is 0 Å². The minimum Gasteiger partial charge on any atom is -0.303 e. The highest BCUT2D eigenvalue weighted by molar-refractivity contribution is 5.49. The van der Waals surface area contributed by atoms with Crippen LogP contribution in [-0.4, -0.2) is 6.29 Å². The van der Waals surface area contributed by atoms with Gasteiger partial charge >= 0.3 is 0 Å². The van der Waals surface area contributed by atoms with E-state index >= 15 is 0 Å². The molecule has 0 saturated carbocycles. The van der Waals surface area contributed by atoms with E-state index in [4.69, 9.17) is 0 Å². The van der Waals surface area contributed by atoms with E-state index < -0.39 is 0 Å². The number of allylic oxidation sites excluding steroid dienone is 1. The van der Waals surface area contributed by atoms with Crippen molar-refractivity contribution >= 4 is 12.4 Å². The van der Waals surface area contributed by atoms with Crippen molar-refractivity contribution in [2.75, 3.05) is 0 Å². The summed E-state index contributed by atoms with van der Waals surface area (Å²) in [5.41, 5.74) is 1.26. The van der Waals surface area contributed by atoms with Crippen LogP contribution in [0.2, 0.25) is 0 Å². The third kappa shape index (κ3) is 11.1. The molecule has 0 saturated heterocycles. The first kappa shape index (κ1) is 16.6. The van der Waals surface area contributed by atoms with Gasteiger partial charge in [0.1, 0.15) is 6.29 Å². The summed E-state index contributed by atoms with van der Waals surface area (Å²) in [6, 6.07) is 10.3. The van der Waals surface area contributed by atoms with Gasteiger partial charge in [-0.1, -0.05) is 75.1 Å². The first-order chi connectivity index (χ1) is 8.85. The van der Waals surface area contributed by atoms with Gasteiger partial charge in [0.15, 0.2) is 0 Å². The number of hydrogen-bond donors (Lipinski definition) is 0. The van der Waals surface area contributed by atoms with E-state index in [1.54, 1.807) is 0 Å². The molecule has 1 nitrogen and oxygen atoms in total. The SMILES string of the molecule is C/C=C\c1ccccc1.CCCCCCCC=O. The lowest BCUT2D eigenvalue weighted by Crippen LogP contribution is -1.78. The molecule has 0 heterocycles. The van der Waals surface area contributed by atoms with Crippen molar-refractivity contribution in [3.63, 3.8) is 0 Å². The molecule has 0 fully saturated rings. The summed E-state index contributed by atoms with van der Waals surface area (Å²) in [6.45, 7) is 4.22. The smallest absolute Gasteiger partial charge is 0.119 e. The van der Waals surface area contributed by atoms with E-state index in [2.05, 4.69) is 25.1 Å². The molecule has 0 amide bonds. The largest absolute Gasteiger partial charge is 0.303 e. The fourth-order valence-electron chi connectivity index (χ4n) is 1.59. The maximum Gasteiger partial charge on any atom is 0.119 e. The summed E-state index contributed by atoms with van der Waals surface area (Å²) in [4.78, 5) is 9.84. The van der Waals surface area contributed by atoms with Crippen molar-refractivity contribution in [2.24, 2.45) is 0 Å². The molecule has 100 valence electrons. The highest BCUT2D eigenvalue weighted by Crippen LogP contribution is 2.03. The summed E-state index contributed by atoms with van der Waals surface area (Å²) < 4.78 is 0. The Labute approximate surface area is 112 Å². The van der Waals surface area contributed by atoms with Gasteiger partial charge in [-0.3, -0.25) is 0 Å². The Morgan fingerprint density at radius 2 is 1.67 bits per heavy atom. The fourth-order valence-corrected chi connectivity index (χ4v) is 1.59. The molecule has 0 aliphatic rings. The standard InChI is InChI=1S/C9H10.C8H16O/c1-2-6-9-7-4-3-5-8-9;1-2-3-4-5-6-7-8-9/h2-8H,1H3;8H,2-7H2,1H3/b6-2-;. The fraction of sp³-hybridized carbons (Fsp3) is 0.471. The predicted octanol–water partition coefficient (Wildman–Crippen LogP) is 5.27. The molecule has 0 radical (unpaired) electrons. The lowest BCUT2D eigenvalue weighted by Gasteiger charge is -1.93. The van der Waals surface area contributed by atoms with Crippen molar-refractivity contribution in [3.8, 4) is 0 Å². The third-order valence-electron chi connectivity index (χ3n) is 2.58. The number of hydrogen-bond acceptors (Lipinski definition) is 1. The lowest BCUT2D eigenvalue weighted by atomic mass is 10.1. The molecule has 0 bridgehead atoms. The zero-order valence-electron chi connectivity index (χ0n) is 11.8. The minimum absolute atomic E-state index is 0.754. The highest BCUT2D eigenvalue weighted by Gasteiger charge is 1.85. The number of unbranched alkanes of at least 4 members (excludes halogenated alkanes) is 5. The molecule has 0 aromatic heterocycles. The van der Waals surface area contributed by atoms with Crippen molar-refractivity contribution in [1.29, 1.82) is 0 Å². The molecule has 1 rings (SSSR count). The Hall–Kier alpha value is -1.37. The molecular formula is C17H26O. The second-order valence-corrected chi connectivity index (χ2v) is 4.28. The van der Waals surface area contributed by atoms with Crippen molar-refractivity contribution in [3.05, 3.63) is 42.0 Å². The van der Waals surface area contributed by atoms with Crippen LogP contribution in [0, 0.1) is 0 Å². The predicted molar refractivity (Wildman–Crippen MR) is 80.6 cm³/mol. The van der Waals surface area contributed by atoms with Crippen molar-refractivity contribution < 1.29 is 4.79 Å². The Morgan fingerprint density at radius 3 is 2.22 bits per heavy atom. The monoisotopic (exact) mass is 246 g/mol. The average molecular weight is 246 g/mol. The number of aldehydes is 1. The Kier molecular flexibility index (Phi) is 12.7. The molecule has 0 aliphatic carbocycles. The molecule has 1 aromatic carbocycles. The topological polar surface area (TPSA) is 17.1 Å². The van der Waals surface area contributed by atoms with Gasteiger partial charge in [-0.15, -0.1) is 0 Å². The van der Waals surface area contributed by atoms with Crippen LogP contribution in [0.15, 0.2) is 36.4 Å². The van der Waals surface area contributed by atoms with Gasteiger partial charge in [0.2, 0.25) is 0 Å². The molecule has 0 unspecified atom stereocenters. The molecule has 1 heteroatoms. The summed E-state index contributed by atoms with van der Waals surface area (Å²) in [6.07, 6.45) is 12.1. The molecule has 0 N–H and O–H groups in total. The zero-order valence-corrected chi connectivity index (χ0v) is 11.8. The van der Waals surface area contributed by atoms with E-state index in [-0.39, 0.29) is 0 Å². The van der Waals surface area contributed by atoms with Gasteiger partial charge in [0.05, 0.1) is 0 Å². The van der Waals surface area contributed by atoms with Gasteiger partial charge in [0, 0.05) is 6.42 Å². The molecule has 0 aliphatic heterocycles. The molecule has 0 spiro atoms. The van der Waals surface area contributed by atoms with Crippen LogP contribution in [0.3, 0.4) is 0 Å². The van der Waals surface area contributed by atoms with Crippen LogP contribution in [0.25, 0.3) is 6.08 Å². The van der Waals surface area contributed by atoms with Gasteiger partial charge in [-0.25, -0.2) is 0 Å². The van der Waals surface area contributed by atoms with Crippen LogP contribution < -0.4 is 0 Å². The van der Waals surface area contributed by atoms with Crippen LogP contribution in [-0.2, 0) is 4.79 Å². The summed E-state index contributed by atoms with van der Waals surface area (Å²) in [5, 5.41) is 0. The first-order valence-electron chi connectivity index (χ1n) is 6.96. The number of rotatable bonds is 7. The van der Waals surface area contributed by atoms with Gasteiger partial charge in [-0.05, 0) is 18.9 Å². The van der Waals surface area contributed by atoms with Crippen molar-refractivity contribution in [2.45, 2.75) is 52.4 Å². The van der Waals surface area contributed by atoms with E-state index in [9.17, 15) is 4.79 Å². The van der Waals surface area contributed by atoms with Gasteiger partial charge < -0.3 is 4.79 Å². The summed E-state index contributed by atoms with van der Waals surface area (Å²) in [5.74, 6) is 0. The Balaban J connectivity index is 0.000000321. The second kappa shape index (κ2) is 13.7.